The molecule has 1 amide bonds. The van der Waals surface area contributed by atoms with Crippen LogP contribution in [0.2, 0.25) is 0 Å². The van der Waals surface area contributed by atoms with E-state index in [0.29, 0.717) is 5.56 Å². The van der Waals surface area contributed by atoms with Gasteiger partial charge in [0.15, 0.2) is 0 Å². The molecule has 1 unspecified atom stereocenters. The Bertz CT molecular complexity index is 614. The molecular weight excluding hydrogens is 332 g/mol. The van der Waals surface area contributed by atoms with Crippen molar-refractivity contribution >= 4 is 27.5 Å². The van der Waals surface area contributed by atoms with Gasteiger partial charge in [-0.05, 0) is 31.0 Å². The van der Waals surface area contributed by atoms with Crippen molar-refractivity contribution in [3.63, 3.8) is 0 Å². The minimum Gasteiger partial charge on any atom is -0.380 e. The lowest BCUT2D eigenvalue weighted by Gasteiger charge is -2.33. The first-order valence-electron chi connectivity index (χ1n) is 7.02. The molecule has 1 atom stereocenters. The molecule has 0 radical (unpaired) electrons. The number of nitrogens with one attached hydrogen (secondary N) is 2. The van der Waals surface area contributed by atoms with Gasteiger partial charge in [-0.2, -0.15) is 5.10 Å². The van der Waals surface area contributed by atoms with E-state index in [2.05, 4.69) is 37.5 Å². The SMILES string of the molecule is O=C(c1cn[nH]c1)N1CCCC(Nc2cccc(Br)c2)C1. The Hall–Kier alpha value is -1.82. The highest BCUT2D eigenvalue weighted by atomic mass is 79.9. The predicted molar refractivity (Wildman–Crippen MR) is 85.3 cm³/mol. The largest absolute Gasteiger partial charge is 0.380 e. The number of carbonyl (C=O) groups excluding carboxylic acids is 1. The van der Waals surface area contributed by atoms with Crippen molar-refractivity contribution in [2.24, 2.45) is 0 Å². The number of halogens is 1. The van der Waals surface area contributed by atoms with Gasteiger partial charge in [0, 0.05) is 35.5 Å². The second kappa shape index (κ2) is 6.30. The highest BCUT2D eigenvalue weighted by Gasteiger charge is 2.24. The molecule has 1 aliphatic rings. The van der Waals surface area contributed by atoms with E-state index in [9.17, 15) is 4.79 Å². The van der Waals surface area contributed by atoms with Crippen molar-refractivity contribution in [3.8, 4) is 0 Å². The Balaban J connectivity index is 1.64. The van der Waals surface area contributed by atoms with Gasteiger partial charge in [-0.25, -0.2) is 0 Å². The summed E-state index contributed by atoms with van der Waals surface area (Å²) >= 11 is 3.47. The van der Waals surface area contributed by atoms with E-state index in [1.165, 1.54) is 0 Å². The average Bonchev–Trinajstić information content (AvgIpc) is 3.01. The number of hydrogen-bond donors (Lipinski definition) is 2. The van der Waals surface area contributed by atoms with Crippen LogP contribution in [0.5, 0.6) is 0 Å². The van der Waals surface area contributed by atoms with Crippen LogP contribution >= 0.6 is 15.9 Å². The second-order valence-electron chi connectivity index (χ2n) is 5.23. The average molecular weight is 349 g/mol. The fourth-order valence-electron chi connectivity index (χ4n) is 2.64. The first-order chi connectivity index (χ1) is 10.2. The number of benzene rings is 1. The molecule has 110 valence electrons. The van der Waals surface area contributed by atoms with Gasteiger partial charge in [-0.15, -0.1) is 0 Å². The Kier molecular flexibility index (Phi) is 4.24. The van der Waals surface area contributed by atoms with Crippen LogP contribution in [0.4, 0.5) is 5.69 Å². The smallest absolute Gasteiger partial charge is 0.257 e. The number of hydrogen-bond acceptors (Lipinski definition) is 3. The van der Waals surface area contributed by atoms with Crippen molar-refractivity contribution in [1.82, 2.24) is 15.1 Å². The summed E-state index contributed by atoms with van der Waals surface area (Å²) in [6, 6.07) is 8.38. The van der Waals surface area contributed by atoms with E-state index >= 15 is 0 Å². The number of anilines is 1. The lowest BCUT2D eigenvalue weighted by atomic mass is 10.0. The molecule has 1 aliphatic heterocycles. The molecule has 0 aliphatic carbocycles. The van der Waals surface area contributed by atoms with Gasteiger partial charge in [0.1, 0.15) is 0 Å². The molecule has 2 N–H and O–H groups in total. The molecule has 1 aromatic heterocycles. The Labute approximate surface area is 131 Å². The van der Waals surface area contributed by atoms with Crippen molar-refractivity contribution < 1.29 is 4.79 Å². The van der Waals surface area contributed by atoms with Crippen LogP contribution in [0.1, 0.15) is 23.2 Å². The first kappa shape index (κ1) is 14.1. The summed E-state index contributed by atoms with van der Waals surface area (Å²) in [4.78, 5) is 14.2. The zero-order valence-electron chi connectivity index (χ0n) is 11.6. The predicted octanol–water partition coefficient (Wildman–Crippen LogP) is 2.89. The van der Waals surface area contributed by atoms with Gasteiger partial charge in [-0.3, -0.25) is 9.89 Å². The number of likely N-dealkylation sites (tertiary alicyclic amines) is 1. The van der Waals surface area contributed by atoms with E-state index < -0.39 is 0 Å². The van der Waals surface area contributed by atoms with E-state index in [4.69, 9.17) is 0 Å². The summed E-state index contributed by atoms with van der Waals surface area (Å²) in [5.41, 5.74) is 1.70. The minimum atomic E-state index is 0.0458. The molecule has 1 saturated heterocycles. The fraction of sp³-hybridized carbons (Fsp3) is 0.333. The quantitative estimate of drug-likeness (QED) is 0.896. The van der Waals surface area contributed by atoms with Crippen molar-refractivity contribution in [1.29, 1.82) is 0 Å². The summed E-state index contributed by atoms with van der Waals surface area (Å²) in [6.07, 6.45) is 5.30. The van der Waals surface area contributed by atoms with E-state index in [1.807, 2.05) is 23.1 Å². The Morgan fingerprint density at radius 3 is 3.14 bits per heavy atom. The monoisotopic (exact) mass is 348 g/mol. The van der Waals surface area contributed by atoms with Gasteiger partial charge in [-0.1, -0.05) is 22.0 Å². The Morgan fingerprint density at radius 1 is 1.48 bits per heavy atom. The zero-order chi connectivity index (χ0) is 14.7. The van der Waals surface area contributed by atoms with Crippen LogP contribution in [0, 0.1) is 0 Å². The van der Waals surface area contributed by atoms with E-state index in [0.717, 1.165) is 36.1 Å². The highest BCUT2D eigenvalue weighted by Crippen LogP contribution is 2.20. The summed E-state index contributed by atoms with van der Waals surface area (Å²) < 4.78 is 1.05. The van der Waals surface area contributed by atoms with Gasteiger partial charge >= 0.3 is 0 Å². The number of aromatic amines is 1. The minimum absolute atomic E-state index is 0.0458. The number of amides is 1. The number of H-pyrrole nitrogens is 1. The van der Waals surface area contributed by atoms with Crippen molar-refractivity contribution in [3.05, 3.63) is 46.7 Å². The summed E-state index contributed by atoms with van der Waals surface area (Å²) in [6.45, 7) is 1.53. The number of carbonyl (C=O) groups is 1. The van der Waals surface area contributed by atoms with Crippen LogP contribution in [0.3, 0.4) is 0 Å². The van der Waals surface area contributed by atoms with Crippen molar-refractivity contribution in [2.75, 3.05) is 18.4 Å². The normalized spacial score (nSPS) is 18.5. The van der Waals surface area contributed by atoms with Gasteiger partial charge in [0.25, 0.3) is 5.91 Å². The third-order valence-corrected chi connectivity index (χ3v) is 4.14. The molecule has 3 rings (SSSR count). The van der Waals surface area contributed by atoms with Crippen LogP contribution in [0.15, 0.2) is 41.1 Å². The van der Waals surface area contributed by atoms with E-state index in [1.54, 1.807) is 12.4 Å². The summed E-state index contributed by atoms with van der Waals surface area (Å²) in [5, 5.41) is 10.0. The van der Waals surface area contributed by atoms with Crippen LogP contribution < -0.4 is 5.32 Å². The van der Waals surface area contributed by atoms with Gasteiger partial charge in [0.05, 0.1) is 11.8 Å². The summed E-state index contributed by atoms with van der Waals surface area (Å²) in [5.74, 6) is 0.0458. The maximum absolute atomic E-state index is 12.3. The molecule has 0 bridgehead atoms. The first-order valence-corrected chi connectivity index (χ1v) is 7.82. The topological polar surface area (TPSA) is 61.0 Å². The number of piperidine rings is 1. The standard InChI is InChI=1S/C15H17BrN4O/c16-12-3-1-4-13(7-12)19-14-5-2-6-20(10-14)15(21)11-8-17-18-9-11/h1,3-4,7-9,14,19H,2,5-6,10H2,(H,17,18). The summed E-state index contributed by atoms with van der Waals surface area (Å²) in [7, 11) is 0. The molecule has 21 heavy (non-hydrogen) atoms. The van der Waals surface area contributed by atoms with Crippen molar-refractivity contribution in [2.45, 2.75) is 18.9 Å². The van der Waals surface area contributed by atoms with Crippen LogP contribution in [-0.2, 0) is 0 Å². The van der Waals surface area contributed by atoms with Gasteiger partial charge < -0.3 is 10.2 Å². The zero-order valence-corrected chi connectivity index (χ0v) is 13.1. The molecule has 2 heterocycles. The maximum Gasteiger partial charge on any atom is 0.257 e. The molecule has 5 nitrogen and oxygen atoms in total. The van der Waals surface area contributed by atoms with E-state index in [-0.39, 0.29) is 11.9 Å². The molecule has 2 aromatic rings. The van der Waals surface area contributed by atoms with Gasteiger partial charge in [0.2, 0.25) is 0 Å². The third kappa shape index (κ3) is 3.44. The fourth-order valence-corrected chi connectivity index (χ4v) is 3.04. The molecule has 0 spiro atoms. The third-order valence-electron chi connectivity index (χ3n) is 3.65. The number of rotatable bonds is 3. The Morgan fingerprint density at radius 2 is 2.38 bits per heavy atom. The number of nitrogens with zero attached hydrogens (tertiary/aromatic N) is 2. The van der Waals surface area contributed by atoms with Crippen LogP contribution in [0.25, 0.3) is 0 Å². The molecular formula is C15H17BrN4O. The maximum atomic E-state index is 12.3. The second-order valence-corrected chi connectivity index (χ2v) is 6.15. The number of aromatic nitrogens is 2. The van der Waals surface area contributed by atoms with Crippen LogP contribution in [-0.4, -0.2) is 40.1 Å². The lowest BCUT2D eigenvalue weighted by molar-refractivity contribution is 0.0715. The lowest BCUT2D eigenvalue weighted by Crippen LogP contribution is -2.45. The molecule has 1 aromatic carbocycles. The molecule has 0 saturated carbocycles. The highest BCUT2D eigenvalue weighted by molar-refractivity contribution is 9.10. The molecule has 6 heteroatoms. The molecule has 1 fully saturated rings.